The summed E-state index contributed by atoms with van der Waals surface area (Å²) in [5, 5.41) is 5.53. The van der Waals surface area contributed by atoms with Gasteiger partial charge in [-0.05, 0) is 67.1 Å². The average molecular weight is 454 g/mol. The number of anilines is 1. The average Bonchev–Trinajstić information content (AvgIpc) is 2.73. The van der Waals surface area contributed by atoms with Gasteiger partial charge in [-0.3, -0.25) is 19.0 Å². The van der Waals surface area contributed by atoms with Crippen molar-refractivity contribution < 1.29 is 9.59 Å². The number of carbonyl (C=O) groups excluding carboxylic acids is 2. The fourth-order valence-electron chi connectivity index (χ4n) is 2.71. The zero-order chi connectivity index (χ0) is 20.8. The molecule has 0 radical (unpaired) electrons. The highest BCUT2D eigenvalue weighted by atomic mass is 79.9. The third-order valence-corrected chi connectivity index (χ3v) is 4.77. The largest absolute Gasteiger partial charge is 0.352 e. The molecule has 0 spiro atoms. The van der Waals surface area contributed by atoms with E-state index in [0.29, 0.717) is 23.5 Å². The van der Waals surface area contributed by atoms with Crippen molar-refractivity contribution in [3.63, 3.8) is 0 Å². The fraction of sp³-hybridized carbons (Fsp3) is 0.136. The quantitative estimate of drug-likeness (QED) is 0.591. The van der Waals surface area contributed by atoms with Crippen molar-refractivity contribution in [1.29, 1.82) is 0 Å². The Hall–Kier alpha value is -3.19. The van der Waals surface area contributed by atoms with Crippen LogP contribution in [0.3, 0.4) is 0 Å². The molecule has 0 fully saturated rings. The lowest BCUT2D eigenvalue weighted by molar-refractivity contribution is 0.0951. The topological polar surface area (TPSA) is 80.2 Å². The van der Waals surface area contributed by atoms with Crippen LogP contribution in [0.1, 0.15) is 34.1 Å². The molecule has 0 aliphatic carbocycles. The zero-order valence-electron chi connectivity index (χ0n) is 15.8. The van der Waals surface area contributed by atoms with Crippen LogP contribution in [0.5, 0.6) is 0 Å². The highest BCUT2D eigenvalue weighted by molar-refractivity contribution is 9.10. The van der Waals surface area contributed by atoms with E-state index < -0.39 is 5.56 Å². The van der Waals surface area contributed by atoms with Crippen LogP contribution in [0.4, 0.5) is 5.69 Å². The number of carbonyl (C=O) groups is 2. The summed E-state index contributed by atoms with van der Waals surface area (Å²) in [6, 6.07) is 17.1. The number of nitrogens with one attached hydrogen (secondary N) is 2. The van der Waals surface area contributed by atoms with Gasteiger partial charge in [0.2, 0.25) is 0 Å². The maximum atomic E-state index is 12.7. The molecule has 6 nitrogen and oxygen atoms in total. The molecule has 0 saturated carbocycles. The van der Waals surface area contributed by atoms with Crippen molar-refractivity contribution in [2.24, 2.45) is 0 Å². The minimum atomic E-state index is -0.396. The van der Waals surface area contributed by atoms with Gasteiger partial charge in [-0.15, -0.1) is 0 Å². The van der Waals surface area contributed by atoms with Crippen molar-refractivity contribution in [3.8, 4) is 5.69 Å². The number of pyridine rings is 1. The minimum absolute atomic E-state index is 0.0913. The molecule has 2 aromatic carbocycles. The van der Waals surface area contributed by atoms with Crippen LogP contribution < -0.4 is 16.2 Å². The van der Waals surface area contributed by atoms with Crippen LogP contribution in [0.15, 0.2) is 76.1 Å². The van der Waals surface area contributed by atoms with Crippen LogP contribution in [0.25, 0.3) is 5.69 Å². The lowest BCUT2D eigenvalue weighted by Crippen LogP contribution is -2.32. The van der Waals surface area contributed by atoms with Gasteiger partial charge in [0.05, 0.1) is 0 Å². The second kappa shape index (κ2) is 9.34. The molecule has 0 unspecified atom stereocenters. The molecule has 0 bridgehead atoms. The molecular formula is C22H20BrN3O3. The molecule has 0 aliphatic heterocycles. The van der Waals surface area contributed by atoms with Crippen LogP contribution in [-0.4, -0.2) is 22.9 Å². The number of benzene rings is 2. The van der Waals surface area contributed by atoms with Crippen LogP contribution in [0, 0.1) is 0 Å². The molecule has 3 rings (SSSR count). The van der Waals surface area contributed by atoms with E-state index in [2.05, 4.69) is 26.6 Å². The Bertz CT molecular complexity index is 1070. The van der Waals surface area contributed by atoms with Gasteiger partial charge in [0.15, 0.2) is 0 Å². The van der Waals surface area contributed by atoms with Crippen molar-refractivity contribution in [1.82, 2.24) is 9.88 Å². The maximum absolute atomic E-state index is 12.7. The van der Waals surface area contributed by atoms with Crippen LogP contribution in [-0.2, 0) is 0 Å². The van der Waals surface area contributed by atoms with Crippen LogP contribution in [0.2, 0.25) is 0 Å². The van der Waals surface area contributed by atoms with Gasteiger partial charge in [0, 0.05) is 34.2 Å². The first kappa shape index (κ1) is 20.5. The highest BCUT2D eigenvalue weighted by Crippen LogP contribution is 2.15. The van der Waals surface area contributed by atoms with Crippen LogP contribution >= 0.6 is 15.9 Å². The number of aromatic nitrogens is 1. The number of hydrogen-bond acceptors (Lipinski definition) is 3. The van der Waals surface area contributed by atoms with E-state index in [-0.39, 0.29) is 17.4 Å². The summed E-state index contributed by atoms with van der Waals surface area (Å²) in [6.07, 6.45) is 2.40. The Morgan fingerprint density at radius 3 is 2.31 bits per heavy atom. The summed E-state index contributed by atoms with van der Waals surface area (Å²) in [5.41, 5.74) is 1.44. The smallest absolute Gasteiger partial charge is 0.267 e. The number of halogens is 1. The number of hydrogen-bond donors (Lipinski definition) is 2. The molecule has 1 heterocycles. The molecule has 0 aliphatic rings. The van der Waals surface area contributed by atoms with Crippen molar-refractivity contribution >= 4 is 33.4 Å². The normalized spacial score (nSPS) is 10.4. The third kappa shape index (κ3) is 5.00. The molecule has 2 amide bonds. The number of amides is 2. The molecule has 148 valence electrons. The van der Waals surface area contributed by atoms with Gasteiger partial charge in [-0.2, -0.15) is 0 Å². The Morgan fingerprint density at radius 1 is 0.966 bits per heavy atom. The molecule has 2 N–H and O–H groups in total. The Balaban J connectivity index is 1.78. The summed E-state index contributed by atoms with van der Waals surface area (Å²) in [5.74, 6) is -0.610. The van der Waals surface area contributed by atoms with Gasteiger partial charge in [0.25, 0.3) is 17.4 Å². The van der Waals surface area contributed by atoms with Crippen molar-refractivity contribution in [2.45, 2.75) is 13.3 Å². The number of nitrogens with zero attached hydrogens (tertiary/aromatic N) is 1. The summed E-state index contributed by atoms with van der Waals surface area (Å²) in [6.45, 7) is 2.46. The standard InChI is InChI=1S/C22H20BrN3O3/c1-2-13-24-21(28)19-4-3-14-26(22(19)29)18-11-9-17(10-12-18)25-20(27)15-5-7-16(23)8-6-15/h3-12,14H,2,13H2,1H3,(H,24,28)(H,25,27). The number of rotatable bonds is 6. The van der Waals surface area contributed by atoms with Gasteiger partial charge >= 0.3 is 0 Å². The third-order valence-electron chi connectivity index (χ3n) is 4.24. The summed E-state index contributed by atoms with van der Waals surface area (Å²) < 4.78 is 2.30. The fourth-order valence-corrected chi connectivity index (χ4v) is 2.98. The van der Waals surface area contributed by atoms with E-state index in [9.17, 15) is 14.4 Å². The molecular weight excluding hydrogens is 434 g/mol. The Kier molecular flexibility index (Phi) is 6.61. The van der Waals surface area contributed by atoms with E-state index in [4.69, 9.17) is 0 Å². The van der Waals surface area contributed by atoms with E-state index in [1.165, 1.54) is 10.6 Å². The Morgan fingerprint density at radius 2 is 1.66 bits per heavy atom. The molecule has 7 heteroatoms. The van der Waals surface area contributed by atoms with Gasteiger partial charge in [-0.25, -0.2) is 0 Å². The van der Waals surface area contributed by atoms with Gasteiger partial charge in [-0.1, -0.05) is 22.9 Å². The first-order valence-corrected chi connectivity index (χ1v) is 9.96. The predicted molar refractivity (Wildman–Crippen MR) is 117 cm³/mol. The molecule has 29 heavy (non-hydrogen) atoms. The lowest BCUT2D eigenvalue weighted by atomic mass is 10.2. The minimum Gasteiger partial charge on any atom is -0.352 e. The Labute approximate surface area is 176 Å². The molecule has 0 saturated heterocycles. The molecule has 1 aromatic heterocycles. The second-order valence-corrected chi connectivity index (χ2v) is 7.28. The summed E-state index contributed by atoms with van der Waals surface area (Å²) in [4.78, 5) is 37.2. The van der Waals surface area contributed by atoms with Crippen molar-refractivity contribution in [2.75, 3.05) is 11.9 Å². The van der Waals surface area contributed by atoms with E-state index in [1.54, 1.807) is 60.8 Å². The molecule has 0 atom stereocenters. The highest BCUT2D eigenvalue weighted by Gasteiger charge is 2.12. The van der Waals surface area contributed by atoms with Crippen molar-refractivity contribution in [3.05, 3.63) is 92.8 Å². The summed E-state index contributed by atoms with van der Waals surface area (Å²) >= 11 is 3.34. The SMILES string of the molecule is CCCNC(=O)c1cccn(-c2ccc(NC(=O)c3ccc(Br)cc3)cc2)c1=O. The zero-order valence-corrected chi connectivity index (χ0v) is 17.4. The monoisotopic (exact) mass is 453 g/mol. The molecule has 3 aromatic rings. The van der Waals surface area contributed by atoms with E-state index in [1.807, 2.05) is 6.92 Å². The maximum Gasteiger partial charge on any atom is 0.267 e. The lowest BCUT2D eigenvalue weighted by Gasteiger charge is -2.10. The van der Waals surface area contributed by atoms with E-state index >= 15 is 0 Å². The van der Waals surface area contributed by atoms with Gasteiger partial charge in [0.1, 0.15) is 5.56 Å². The predicted octanol–water partition coefficient (Wildman–Crippen LogP) is 3.99. The van der Waals surface area contributed by atoms with Gasteiger partial charge < -0.3 is 10.6 Å². The first-order valence-electron chi connectivity index (χ1n) is 9.17. The second-order valence-electron chi connectivity index (χ2n) is 6.36. The summed E-state index contributed by atoms with van der Waals surface area (Å²) in [7, 11) is 0. The first-order chi connectivity index (χ1) is 14.0. The van der Waals surface area contributed by atoms with E-state index in [0.717, 1.165) is 10.9 Å².